The maximum Gasteiger partial charge on any atom is 0.255 e. The van der Waals surface area contributed by atoms with E-state index >= 15 is 0 Å². The number of carbonyl (C=O) groups is 8. The first-order valence-corrected chi connectivity index (χ1v) is 32.1. The van der Waals surface area contributed by atoms with E-state index in [4.69, 9.17) is 0 Å². The van der Waals surface area contributed by atoms with Gasteiger partial charge in [-0.2, -0.15) is 0 Å². The number of likely N-dealkylation sites (N-methyl/N-ethyl adjacent to an activating group) is 2. The Morgan fingerprint density at radius 2 is 1.14 bits per heavy atom. The van der Waals surface area contributed by atoms with Gasteiger partial charge in [0.2, 0.25) is 35.4 Å². The minimum atomic E-state index is -2.03. The zero-order chi connectivity index (χ0) is 58.3. The number of nitrogens with zero attached hydrogens (tertiary/aromatic N) is 2. The highest BCUT2D eigenvalue weighted by Gasteiger charge is 2.48. The normalized spacial score (nSPS) is 21.7. The van der Waals surface area contributed by atoms with Gasteiger partial charge >= 0.3 is 0 Å². The Labute approximate surface area is 477 Å². The smallest absolute Gasteiger partial charge is 0.255 e. The second kappa shape index (κ2) is 25.7. The number of fused-ring (bicyclic) bond motifs is 2. The molecule has 2 saturated heterocycles. The zero-order valence-electron chi connectivity index (χ0n) is 48.4. The van der Waals surface area contributed by atoms with E-state index in [1.54, 1.807) is 81.4 Å². The Hall–Kier alpha value is -7.22. The highest BCUT2D eigenvalue weighted by atomic mass is 28.3. The van der Waals surface area contributed by atoms with Crippen molar-refractivity contribution >= 4 is 61.0 Å². The van der Waals surface area contributed by atoms with Crippen molar-refractivity contribution < 1.29 is 38.4 Å². The third-order valence-corrected chi connectivity index (χ3v) is 19.3. The van der Waals surface area contributed by atoms with Crippen LogP contribution in [0, 0.1) is 5.41 Å². The summed E-state index contributed by atoms with van der Waals surface area (Å²) in [6, 6.07) is 24.3. The number of aryl methyl sites for hydroxylation is 2. The maximum atomic E-state index is 14.7. The topological polar surface area (TPSA) is 239 Å². The third-order valence-electron chi connectivity index (χ3n) is 16.6. The molecule has 2 aliphatic heterocycles. The van der Waals surface area contributed by atoms with Crippen molar-refractivity contribution in [3.63, 3.8) is 0 Å². The molecule has 0 radical (unpaired) electrons. The lowest BCUT2D eigenvalue weighted by molar-refractivity contribution is -0.144. The van der Waals surface area contributed by atoms with Crippen molar-refractivity contribution in [2.24, 2.45) is 5.41 Å². The van der Waals surface area contributed by atoms with Gasteiger partial charge < -0.3 is 52.3 Å². The quantitative estimate of drug-likeness (QED) is 0.0602. The van der Waals surface area contributed by atoms with Crippen LogP contribution in [0.15, 0.2) is 97.1 Å². The molecule has 0 saturated carbocycles. The summed E-state index contributed by atoms with van der Waals surface area (Å²) < 4.78 is 0. The molecule has 19 heteroatoms. The number of hydrogen-bond acceptors (Lipinski definition) is 10. The van der Waals surface area contributed by atoms with Gasteiger partial charge in [-0.25, -0.2) is 0 Å². The van der Waals surface area contributed by atoms with Gasteiger partial charge in [-0.05, 0) is 149 Å². The maximum absolute atomic E-state index is 14.7. The molecule has 0 aromatic heterocycles. The number of hydrogen-bond donors (Lipinski definition) is 8. The lowest BCUT2D eigenvalue weighted by Crippen LogP contribution is -2.59. The molecular formula is C62H82N10O8Si. The number of amides is 8. The first kappa shape index (κ1) is 59.9. The van der Waals surface area contributed by atoms with Gasteiger partial charge in [-0.1, -0.05) is 94.5 Å². The molecule has 8 N–H and O–H groups in total. The predicted molar refractivity (Wildman–Crippen MR) is 315 cm³/mol. The number of nitrogens with one attached hydrogen (secondary N) is 8. The summed E-state index contributed by atoms with van der Waals surface area (Å²) in [4.78, 5) is 115. The van der Waals surface area contributed by atoms with Crippen LogP contribution < -0.4 is 42.5 Å². The van der Waals surface area contributed by atoms with Gasteiger partial charge in [0.1, 0.15) is 24.2 Å². The van der Waals surface area contributed by atoms with E-state index in [0.717, 1.165) is 49.7 Å². The molecule has 4 aromatic carbocycles. The van der Waals surface area contributed by atoms with Crippen molar-refractivity contribution in [1.29, 1.82) is 0 Å². The summed E-state index contributed by atoms with van der Waals surface area (Å²) in [5.74, 6) is -2.81. The highest BCUT2D eigenvalue weighted by molar-refractivity contribution is 6.79. The van der Waals surface area contributed by atoms with Crippen LogP contribution in [0.4, 0.5) is 5.69 Å². The molecule has 3 unspecified atom stereocenters. The van der Waals surface area contributed by atoms with Crippen molar-refractivity contribution in [3.8, 4) is 0 Å². The number of likely N-dealkylation sites (tertiary alicyclic amines) is 1. The third kappa shape index (κ3) is 14.5. The predicted octanol–water partition coefficient (Wildman–Crippen LogP) is 5.26. The van der Waals surface area contributed by atoms with Crippen LogP contribution in [0.3, 0.4) is 0 Å². The summed E-state index contributed by atoms with van der Waals surface area (Å²) in [7, 11) is 1.30. The minimum absolute atomic E-state index is 0.0376. The number of benzene rings is 4. The largest absolute Gasteiger partial charge is 0.348 e. The van der Waals surface area contributed by atoms with E-state index in [1.807, 2.05) is 51.1 Å². The highest BCUT2D eigenvalue weighted by Crippen LogP contribution is 2.34. The Morgan fingerprint density at radius 3 is 1.69 bits per heavy atom. The van der Waals surface area contributed by atoms with Crippen molar-refractivity contribution in [1.82, 2.24) is 47.0 Å². The Morgan fingerprint density at radius 1 is 0.617 bits per heavy atom. The molecular weight excluding hydrogens is 1040 g/mol. The second-order valence-corrected chi connectivity index (χ2v) is 29.4. The van der Waals surface area contributed by atoms with Crippen LogP contribution in [0.1, 0.15) is 127 Å². The lowest BCUT2D eigenvalue weighted by atomic mass is 9.85. The van der Waals surface area contributed by atoms with Crippen molar-refractivity contribution in [3.05, 3.63) is 136 Å². The summed E-state index contributed by atoms with van der Waals surface area (Å²) in [6.45, 7) is 13.4. The fourth-order valence-corrected chi connectivity index (χ4v) is 14.6. The standard InChI is InChI=1S/C62H82N10O8Si/c1-37(63-6)54(73)69-50(60(79)72-36-81(8,9)35-52(72)59(78)68-49-23-15-19-41-17-11-13-21-47(41)49)32-39-24-26-42(27-25-39)56(75)65-44-30-28-43(29-31-44)57(76)66-45-33-51(58(77)67-48-22-14-18-40-16-10-12-20-46(40)48)71(34-45)61(80)53(62(3,4)5)70-55(74)38(2)64-7/h10-13,16-17,20-21,24-31,37-38,45,48-53,63-64H,14-15,18-19,22-23,32-36H2,1-9H3,(H,65,75)(H,66,76)(H,67,77)(H,68,78)(H,69,73)(H,70,74)/t37-,38-,45-,48?,49?,50?,51-,52-,53+/m0/s1. The molecule has 432 valence electrons. The van der Waals surface area contributed by atoms with E-state index in [0.29, 0.717) is 34.6 Å². The average molecular weight is 1120 g/mol. The molecule has 2 aliphatic carbocycles. The summed E-state index contributed by atoms with van der Waals surface area (Å²) in [6.07, 6.45) is 6.05. The molecule has 0 spiro atoms. The van der Waals surface area contributed by atoms with Gasteiger partial charge in [0, 0.05) is 42.0 Å². The van der Waals surface area contributed by atoms with Crippen LogP contribution in [0.25, 0.3) is 0 Å². The monoisotopic (exact) mass is 1120 g/mol. The second-order valence-electron chi connectivity index (χ2n) is 24.4. The Bertz CT molecular complexity index is 2980. The molecule has 0 bridgehead atoms. The van der Waals surface area contributed by atoms with E-state index in [-0.39, 0.29) is 61.0 Å². The molecule has 81 heavy (non-hydrogen) atoms. The van der Waals surface area contributed by atoms with E-state index < -0.39 is 73.5 Å². The lowest BCUT2D eigenvalue weighted by Gasteiger charge is -2.36. The number of carbonyl (C=O) groups excluding carboxylic acids is 8. The summed E-state index contributed by atoms with van der Waals surface area (Å²) in [5.41, 5.74) is 5.61. The molecule has 4 aliphatic rings. The van der Waals surface area contributed by atoms with Crippen LogP contribution in [-0.2, 0) is 48.0 Å². The van der Waals surface area contributed by atoms with Crippen LogP contribution in [-0.4, -0.2) is 134 Å². The minimum Gasteiger partial charge on any atom is -0.348 e. The van der Waals surface area contributed by atoms with E-state index in [1.165, 1.54) is 16.0 Å². The Balaban J connectivity index is 0.914. The number of anilines is 1. The molecule has 4 aromatic rings. The molecule has 18 nitrogen and oxygen atoms in total. The van der Waals surface area contributed by atoms with Crippen molar-refractivity contribution in [2.45, 2.75) is 159 Å². The van der Waals surface area contributed by atoms with Crippen molar-refractivity contribution in [2.75, 3.05) is 32.1 Å². The van der Waals surface area contributed by atoms with Gasteiger partial charge in [0.05, 0.1) is 32.2 Å². The van der Waals surface area contributed by atoms with Crippen LogP contribution in [0.2, 0.25) is 19.1 Å². The van der Waals surface area contributed by atoms with E-state index in [9.17, 15) is 38.4 Å². The first-order chi connectivity index (χ1) is 38.5. The van der Waals surface area contributed by atoms with E-state index in [2.05, 4.69) is 73.8 Å². The van der Waals surface area contributed by atoms with Gasteiger partial charge in [0.15, 0.2) is 0 Å². The molecule has 9 atom stereocenters. The van der Waals surface area contributed by atoms with Gasteiger partial charge in [-0.3, -0.25) is 38.4 Å². The Kier molecular flexibility index (Phi) is 19.0. The average Bonchev–Trinajstić information content (AvgIpc) is 4.27. The molecule has 2 fully saturated rings. The number of rotatable bonds is 18. The zero-order valence-corrected chi connectivity index (χ0v) is 49.4. The fourth-order valence-electron chi connectivity index (χ4n) is 11.8. The van der Waals surface area contributed by atoms with Gasteiger partial charge in [0.25, 0.3) is 11.8 Å². The van der Waals surface area contributed by atoms with Crippen LogP contribution >= 0.6 is 0 Å². The van der Waals surface area contributed by atoms with Crippen LogP contribution in [0.5, 0.6) is 0 Å². The van der Waals surface area contributed by atoms with Gasteiger partial charge in [-0.15, -0.1) is 0 Å². The summed E-state index contributed by atoms with van der Waals surface area (Å²) in [5, 5.41) is 24.2. The molecule has 8 rings (SSSR count). The SMILES string of the molecule is CN[C@@H](C)C(=O)NC(Cc1ccc(C(=O)Nc2ccc(C(=O)N[C@H]3C[C@@H](C(=O)NC4CCCc5ccccc54)N(C(=O)[C@@H](NC(=O)[C@H](C)NC)C(C)(C)C)C3)cc2)cc1)C(=O)N1C[Si](C)(C)C[C@H]1C(=O)NC1CCCc2ccccc21. The summed E-state index contributed by atoms with van der Waals surface area (Å²) >= 11 is 0. The first-order valence-electron chi connectivity index (χ1n) is 28.7. The molecule has 8 amide bonds. The fraction of sp³-hybridized carbons (Fsp3) is 0.484. The molecule has 2 heterocycles.